The zero-order valence-corrected chi connectivity index (χ0v) is 17.5. The van der Waals surface area contributed by atoms with Gasteiger partial charge in [0.2, 0.25) is 5.91 Å². The highest BCUT2D eigenvalue weighted by atomic mass is 32.1. The first-order valence-electron chi connectivity index (χ1n) is 11.0. The van der Waals surface area contributed by atoms with Gasteiger partial charge in [-0.25, -0.2) is 0 Å². The molecule has 4 heteroatoms. The van der Waals surface area contributed by atoms with E-state index in [9.17, 15) is 10.1 Å². The van der Waals surface area contributed by atoms with Gasteiger partial charge in [0.25, 0.3) is 0 Å². The maximum atomic E-state index is 13.7. The maximum absolute atomic E-state index is 13.7. The summed E-state index contributed by atoms with van der Waals surface area (Å²) < 4.78 is 0. The van der Waals surface area contributed by atoms with Crippen LogP contribution in [-0.2, 0) is 23.1 Å². The van der Waals surface area contributed by atoms with Crippen LogP contribution in [0.15, 0.2) is 30.3 Å². The number of nitriles is 1. The molecule has 3 nitrogen and oxygen atoms in total. The van der Waals surface area contributed by atoms with Gasteiger partial charge in [-0.1, -0.05) is 30.3 Å². The van der Waals surface area contributed by atoms with E-state index in [2.05, 4.69) is 41.7 Å². The average Bonchev–Trinajstić information content (AvgIpc) is 3.28. The Morgan fingerprint density at radius 3 is 2.59 bits per heavy atom. The van der Waals surface area contributed by atoms with Gasteiger partial charge in [0.05, 0.1) is 11.0 Å². The monoisotopic (exact) mass is 402 g/mol. The summed E-state index contributed by atoms with van der Waals surface area (Å²) in [6.07, 6.45) is 9.95. The normalized spacial score (nSPS) is 34.0. The lowest BCUT2D eigenvalue weighted by Gasteiger charge is -2.61. The number of hydrogen-bond donors (Lipinski definition) is 1. The third kappa shape index (κ3) is 2.56. The van der Waals surface area contributed by atoms with Gasteiger partial charge in [-0.05, 0) is 86.2 Å². The second-order valence-electron chi connectivity index (χ2n) is 10.0. The summed E-state index contributed by atoms with van der Waals surface area (Å²) in [5, 5.41) is 13.8. The minimum Gasteiger partial charge on any atom is -0.316 e. The Labute approximate surface area is 176 Å². The molecule has 4 bridgehead atoms. The molecule has 2 aromatic rings. The van der Waals surface area contributed by atoms with Crippen LogP contribution in [0.25, 0.3) is 0 Å². The van der Waals surface area contributed by atoms with Gasteiger partial charge in [0, 0.05) is 4.88 Å². The molecule has 1 N–H and O–H groups in total. The van der Waals surface area contributed by atoms with Gasteiger partial charge in [-0.15, -0.1) is 11.3 Å². The molecule has 5 aliphatic rings. The quantitative estimate of drug-likeness (QED) is 0.728. The molecule has 1 heterocycles. The van der Waals surface area contributed by atoms with Gasteiger partial charge < -0.3 is 5.32 Å². The molecule has 0 radical (unpaired) electrons. The minimum atomic E-state index is -0.263. The second kappa shape index (κ2) is 6.19. The number of carbonyl (C=O) groups is 1. The molecule has 0 unspecified atom stereocenters. The van der Waals surface area contributed by atoms with Crippen LogP contribution >= 0.6 is 11.3 Å². The summed E-state index contributed by atoms with van der Waals surface area (Å²) in [5.41, 5.74) is 3.26. The molecule has 1 aromatic carbocycles. The summed E-state index contributed by atoms with van der Waals surface area (Å²) in [5.74, 6) is 1.50. The average molecular weight is 403 g/mol. The van der Waals surface area contributed by atoms with Crippen LogP contribution in [0.2, 0.25) is 0 Å². The van der Waals surface area contributed by atoms with Crippen molar-refractivity contribution in [2.45, 2.75) is 63.2 Å². The Morgan fingerprint density at radius 1 is 1.10 bits per heavy atom. The first-order valence-corrected chi connectivity index (χ1v) is 11.8. The third-order valence-corrected chi connectivity index (χ3v) is 9.40. The number of amides is 1. The van der Waals surface area contributed by atoms with Crippen molar-refractivity contribution in [1.82, 2.24) is 0 Å². The number of nitrogens with zero attached hydrogens (tertiary/aromatic N) is 1. The Morgan fingerprint density at radius 2 is 1.86 bits per heavy atom. The molecule has 2 atom stereocenters. The predicted molar refractivity (Wildman–Crippen MR) is 115 cm³/mol. The van der Waals surface area contributed by atoms with E-state index in [1.165, 1.54) is 35.3 Å². The van der Waals surface area contributed by atoms with E-state index in [1.807, 2.05) is 0 Å². The van der Waals surface area contributed by atoms with Crippen molar-refractivity contribution in [3.63, 3.8) is 0 Å². The molecule has 7 rings (SSSR count). The van der Waals surface area contributed by atoms with E-state index < -0.39 is 0 Å². The fourth-order valence-corrected chi connectivity index (χ4v) is 8.74. The van der Waals surface area contributed by atoms with Crippen LogP contribution in [0.5, 0.6) is 0 Å². The number of carbonyl (C=O) groups excluding carboxylic acids is 1. The van der Waals surface area contributed by atoms with Crippen molar-refractivity contribution < 1.29 is 4.79 Å². The molecule has 1 amide bonds. The fraction of sp³-hybridized carbons (Fsp3) is 0.520. The predicted octanol–water partition coefficient (Wildman–Crippen LogP) is 5.59. The van der Waals surface area contributed by atoms with Crippen LogP contribution in [0.1, 0.15) is 66.5 Å². The van der Waals surface area contributed by atoms with Crippen LogP contribution in [0.3, 0.4) is 0 Å². The van der Waals surface area contributed by atoms with Gasteiger partial charge >= 0.3 is 0 Å². The maximum Gasteiger partial charge on any atom is 0.231 e. The highest BCUT2D eigenvalue weighted by Gasteiger charge is 2.61. The largest absolute Gasteiger partial charge is 0.316 e. The van der Waals surface area contributed by atoms with Gasteiger partial charge in [0.1, 0.15) is 11.1 Å². The molecule has 0 saturated heterocycles. The summed E-state index contributed by atoms with van der Waals surface area (Å²) in [7, 11) is 0. The van der Waals surface area contributed by atoms with Crippen LogP contribution in [-0.4, -0.2) is 5.91 Å². The van der Waals surface area contributed by atoms with Crippen LogP contribution in [0, 0.1) is 28.6 Å². The first kappa shape index (κ1) is 17.7. The Hall–Kier alpha value is -2.12. The summed E-state index contributed by atoms with van der Waals surface area (Å²) >= 11 is 1.65. The smallest absolute Gasteiger partial charge is 0.231 e. The minimum absolute atomic E-state index is 0.165. The number of fused-ring (bicyclic) bond motifs is 1. The molecule has 0 spiro atoms. The van der Waals surface area contributed by atoms with Gasteiger partial charge in [-0.2, -0.15) is 5.26 Å². The second-order valence-corrected chi connectivity index (χ2v) is 11.1. The molecular formula is C25H26N2OS. The van der Waals surface area contributed by atoms with Crippen molar-refractivity contribution in [3.05, 3.63) is 51.9 Å². The van der Waals surface area contributed by atoms with E-state index in [1.54, 1.807) is 11.3 Å². The van der Waals surface area contributed by atoms with Crippen molar-refractivity contribution in [2.75, 3.05) is 5.32 Å². The molecule has 29 heavy (non-hydrogen) atoms. The molecule has 1 aromatic heterocycles. The third-order valence-electron chi connectivity index (χ3n) is 8.19. The molecular weight excluding hydrogens is 376 g/mol. The molecule has 5 aliphatic carbocycles. The number of nitrogens with one attached hydrogen (secondary N) is 1. The Kier molecular flexibility index (Phi) is 3.78. The summed E-state index contributed by atoms with van der Waals surface area (Å²) in [4.78, 5) is 15.0. The van der Waals surface area contributed by atoms with E-state index in [-0.39, 0.29) is 16.7 Å². The van der Waals surface area contributed by atoms with E-state index in [0.29, 0.717) is 11.8 Å². The molecule has 0 aliphatic heterocycles. The number of aryl methyl sites for hydroxylation is 1. The van der Waals surface area contributed by atoms with Gasteiger partial charge in [-0.3, -0.25) is 4.79 Å². The zero-order valence-electron chi connectivity index (χ0n) is 16.7. The number of rotatable bonds is 3. The van der Waals surface area contributed by atoms with E-state index >= 15 is 0 Å². The molecule has 148 valence electrons. The highest BCUT2D eigenvalue weighted by Crippen LogP contribution is 2.66. The highest BCUT2D eigenvalue weighted by molar-refractivity contribution is 7.16. The number of benzene rings is 1. The fourth-order valence-electron chi connectivity index (χ4n) is 7.50. The summed E-state index contributed by atoms with van der Waals surface area (Å²) in [6.45, 7) is 0. The van der Waals surface area contributed by atoms with Crippen LogP contribution < -0.4 is 5.32 Å². The lowest BCUT2D eigenvalue weighted by Crippen LogP contribution is -2.57. The lowest BCUT2D eigenvalue weighted by atomic mass is 9.42. The van der Waals surface area contributed by atoms with E-state index in [4.69, 9.17) is 0 Å². The number of anilines is 1. The molecule has 4 fully saturated rings. The number of thiophene rings is 1. The van der Waals surface area contributed by atoms with Crippen molar-refractivity contribution in [2.24, 2.45) is 17.3 Å². The van der Waals surface area contributed by atoms with Crippen molar-refractivity contribution in [1.29, 1.82) is 5.26 Å². The standard InChI is InChI=1S/C25H26N2OS/c26-14-20-19-7-4-8-21(19)29-22(20)27-23(28)25-12-16-9-17(13-25)11-24(10-16,15-25)18-5-2-1-3-6-18/h1-3,5-6,16-17H,4,7-13,15H2,(H,27,28)/t16-,17-,24?,25?/m1/s1. The Bertz CT molecular complexity index is 1020. The van der Waals surface area contributed by atoms with E-state index in [0.717, 1.165) is 49.1 Å². The van der Waals surface area contributed by atoms with Crippen LogP contribution in [0.4, 0.5) is 5.00 Å². The van der Waals surface area contributed by atoms with Crippen molar-refractivity contribution >= 4 is 22.2 Å². The molecule has 4 saturated carbocycles. The lowest BCUT2D eigenvalue weighted by molar-refractivity contribution is -0.143. The zero-order chi connectivity index (χ0) is 19.6. The Balaban J connectivity index is 1.34. The first-order chi connectivity index (χ1) is 14.1. The van der Waals surface area contributed by atoms with Crippen molar-refractivity contribution in [3.8, 4) is 6.07 Å². The SMILES string of the molecule is N#Cc1c(NC(=O)C23C[C@@H]4C[C@@H](C2)CC(c2ccccc2)(C4)C3)sc2c1CCC2. The number of hydrogen-bond acceptors (Lipinski definition) is 3. The van der Waals surface area contributed by atoms with Gasteiger partial charge in [0.15, 0.2) is 0 Å². The topological polar surface area (TPSA) is 52.9 Å². The summed E-state index contributed by atoms with van der Waals surface area (Å²) in [6, 6.07) is 13.3.